The van der Waals surface area contributed by atoms with Gasteiger partial charge in [0.05, 0.1) is 24.0 Å². The first-order valence-electron chi connectivity index (χ1n) is 14.4. The Bertz CT molecular complexity index is 1740. The van der Waals surface area contributed by atoms with Crippen LogP contribution in [0.25, 0.3) is 32.8 Å². The number of piperazine rings is 1. The van der Waals surface area contributed by atoms with Crippen LogP contribution in [0.3, 0.4) is 0 Å². The first kappa shape index (κ1) is 28.8. The van der Waals surface area contributed by atoms with Crippen LogP contribution in [0.5, 0.6) is 6.01 Å². The number of halogens is 2. The second kappa shape index (κ2) is 12.2. The van der Waals surface area contributed by atoms with Crippen LogP contribution in [0.2, 0.25) is 5.02 Å². The van der Waals surface area contributed by atoms with Crippen LogP contribution in [0.4, 0.5) is 10.2 Å². The molecule has 3 aromatic carbocycles. The van der Waals surface area contributed by atoms with Crippen molar-refractivity contribution in [3.63, 3.8) is 0 Å². The predicted molar refractivity (Wildman–Crippen MR) is 167 cm³/mol. The van der Waals surface area contributed by atoms with Crippen molar-refractivity contribution in [2.24, 2.45) is 0 Å². The number of fused-ring (bicyclic) bond motifs is 2. The van der Waals surface area contributed by atoms with Gasteiger partial charge >= 0.3 is 6.01 Å². The van der Waals surface area contributed by atoms with Gasteiger partial charge < -0.3 is 14.5 Å². The number of carbonyl (C=O) groups is 1. The lowest BCUT2D eigenvalue weighted by molar-refractivity contribution is -0.128. The largest absolute Gasteiger partial charge is 0.462 e. The molecule has 4 aromatic rings. The van der Waals surface area contributed by atoms with E-state index in [4.69, 9.17) is 26.3 Å². The van der Waals surface area contributed by atoms with Crippen LogP contribution in [-0.4, -0.2) is 83.8 Å². The minimum atomic E-state index is -0.881. The zero-order valence-corrected chi connectivity index (χ0v) is 24.7. The molecule has 8 nitrogen and oxygen atoms in total. The van der Waals surface area contributed by atoms with Gasteiger partial charge in [0.15, 0.2) is 0 Å². The molecular formula is C33H32ClFN6O2. The number of aromatic nitrogens is 2. The van der Waals surface area contributed by atoms with Crippen LogP contribution in [0.1, 0.15) is 12.8 Å². The lowest BCUT2D eigenvalue weighted by Crippen LogP contribution is -2.55. The van der Waals surface area contributed by atoms with Crippen LogP contribution < -0.4 is 9.64 Å². The van der Waals surface area contributed by atoms with Crippen molar-refractivity contribution in [2.75, 3.05) is 44.7 Å². The SMILES string of the molecule is C=CC(=O)N1CCN(c2nc(OC[C@@H]3C[C@@H](F)CN3C)nc3cc(-c4cccc5cccc(Cl)c45)ccc23)C[C@@H]1CC#N. The van der Waals surface area contributed by atoms with E-state index in [1.54, 1.807) is 4.90 Å². The maximum Gasteiger partial charge on any atom is 0.319 e. The van der Waals surface area contributed by atoms with E-state index in [2.05, 4.69) is 17.5 Å². The Morgan fingerprint density at radius 1 is 1.16 bits per heavy atom. The summed E-state index contributed by atoms with van der Waals surface area (Å²) >= 11 is 6.65. The first-order valence-corrected chi connectivity index (χ1v) is 14.8. The molecule has 2 aliphatic rings. The van der Waals surface area contributed by atoms with Gasteiger partial charge in [-0.15, -0.1) is 0 Å². The van der Waals surface area contributed by atoms with Gasteiger partial charge in [0.2, 0.25) is 5.91 Å². The average molecular weight is 599 g/mol. The number of hydrogen-bond donors (Lipinski definition) is 0. The first-order chi connectivity index (χ1) is 20.9. The molecule has 3 atom stereocenters. The molecule has 1 amide bonds. The number of amides is 1. The minimum Gasteiger partial charge on any atom is -0.462 e. The van der Waals surface area contributed by atoms with E-state index in [1.807, 2.05) is 66.5 Å². The van der Waals surface area contributed by atoms with Crippen molar-refractivity contribution in [1.29, 1.82) is 5.26 Å². The number of ether oxygens (including phenoxy) is 1. The summed E-state index contributed by atoms with van der Waals surface area (Å²) in [5.74, 6) is 0.473. The molecule has 0 aliphatic carbocycles. The van der Waals surface area contributed by atoms with E-state index < -0.39 is 6.17 Å². The predicted octanol–water partition coefficient (Wildman–Crippen LogP) is 5.64. The second-order valence-electron chi connectivity index (χ2n) is 11.1. The van der Waals surface area contributed by atoms with Gasteiger partial charge in [-0.25, -0.2) is 4.39 Å². The third-order valence-electron chi connectivity index (χ3n) is 8.43. The highest BCUT2D eigenvalue weighted by molar-refractivity contribution is 6.36. The van der Waals surface area contributed by atoms with E-state index >= 15 is 0 Å². The van der Waals surface area contributed by atoms with Gasteiger partial charge in [-0.1, -0.05) is 54.6 Å². The monoisotopic (exact) mass is 598 g/mol. The third kappa shape index (κ3) is 5.73. The number of benzene rings is 3. The van der Waals surface area contributed by atoms with Gasteiger partial charge in [-0.2, -0.15) is 15.2 Å². The maximum atomic E-state index is 14.0. The number of likely N-dealkylation sites (tertiary alicyclic amines) is 1. The lowest BCUT2D eigenvalue weighted by atomic mass is 9.97. The van der Waals surface area contributed by atoms with E-state index in [1.165, 1.54) is 6.08 Å². The van der Waals surface area contributed by atoms with Crippen LogP contribution >= 0.6 is 11.6 Å². The molecule has 2 saturated heterocycles. The molecule has 0 N–H and O–H groups in total. The molecule has 2 aliphatic heterocycles. The fourth-order valence-corrected chi connectivity index (χ4v) is 6.50. The van der Waals surface area contributed by atoms with Gasteiger partial charge in [-0.3, -0.25) is 9.69 Å². The van der Waals surface area contributed by atoms with Crippen molar-refractivity contribution in [3.05, 3.63) is 72.3 Å². The Kier molecular flexibility index (Phi) is 8.15. The average Bonchev–Trinajstić information content (AvgIpc) is 3.35. The van der Waals surface area contributed by atoms with Gasteiger partial charge in [0.25, 0.3) is 0 Å². The summed E-state index contributed by atoms with van der Waals surface area (Å²) in [7, 11) is 1.89. The van der Waals surface area contributed by atoms with Gasteiger partial charge in [-0.05, 0) is 54.3 Å². The number of nitriles is 1. The molecule has 0 saturated carbocycles. The Hall–Kier alpha value is -4.26. The van der Waals surface area contributed by atoms with Gasteiger partial charge in [0.1, 0.15) is 18.6 Å². The number of likely N-dealkylation sites (N-methyl/N-ethyl adjacent to an activating group) is 1. The number of anilines is 1. The molecule has 3 heterocycles. The Balaban J connectivity index is 1.41. The Morgan fingerprint density at radius 3 is 2.72 bits per heavy atom. The molecule has 43 heavy (non-hydrogen) atoms. The third-order valence-corrected chi connectivity index (χ3v) is 8.75. The summed E-state index contributed by atoms with van der Waals surface area (Å²) in [5, 5.41) is 13.0. The topological polar surface area (TPSA) is 85.6 Å². The summed E-state index contributed by atoms with van der Waals surface area (Å²) in [6, 6.07) is 20.0. The van der Waals surface area contributed by atoms with Gasteiger partial charge in [0, 0.05) is 48.0 Å². The van der Waals surface area contributed by atoms with E-state index in [0.29, 0.717) is 49.0 Å². The van der Waals surface area contributed by atoms with E-state index in [9.17, 15) is 14.4 Å². The zero-order valence-electron chi connectivity index (χ0n) is 23.9. The fraction of sp³-hybridized carbons (Fsp3) is 0.333. The summed E-state index contributed by atoms with van der Waals surface area (Å²) in [6.07, 6.45) is 0.994. The lowest BCUT2D eigenvalue weighted by Gasteiger charge is -2.41. The van der Waals surface area contributed by atoms with Crippen molar-refractivity contribution < 1.29 is 13.9 Å². The normalized spacial score (nSPS) is 20.8. The molecule has 6 rings (SSSR count). The number of alkyl halides is 1. The zero-order chi connectivity index (χ0) is 30.1. The number of carbonyl (C=O) groups excluding carboxylic acids is 1. The molecule has 1 aromatic heterocycles. The molecular weight excluding hydrogens is 567 g/mol. The minimum absolute atomic E-state index is 0.0737. The fourth-order valence-electron chi connectivity index (χ4n) is 6.21. The Labute approximate surface area is 254 Å². The molecule has 0 radical (unpaired) electrons. The van der Waals surface area contributed by atoms with Crippen molar-refractivity contribution >= 4 is 45.0 Å². The highest BCUT2D eigenvalue weighted by Crippen LogP contribution is 2.37. The molecule has 2 fully saturated rings. The quantitative estimate of drug-likeness (QED) is 0.254. The number of nitrogens with zero attached hydrogens (tertiary/aromatic N) is 6. The van der Waals surface area contributed by atoms with Crippen LogP contribution in [0, 0.1) is 11.3 Å². The number of hydrogen-bond acceptors (Lipinski definition) is 7. The highest BCUT2D eigenvalue weighted by Gasteiger charge is 2.32. The number of rotatable bonds is 7. The molecule has 0 spiro atoms. The summed E-state index contributed by atoms with van der Waals surface area (Å²) < 4.78 is 20.1. The van der Waals surface area contributed by atoms with Crippen molar-refractivity contribution in [1.82, 2.24) is 19.8 Å². The van der Waals surface area contributed by atoms with E-state index in [-0.39, 0.29) is 37.0 Å². The summed E-state index contributed by atoms with van der Waals surface area (Å²) in [5.41, 5.74) is 2.62. The maximum absolute atomic E-state index is 14.0. The standard InChI is InChI=1S/C33H32ClFN6O2/c1-3-30(42)41-15-14-40(19-24(41)12-13-36)32-27-11-10-22(26-8-4-6-21-7-5-9-28(34)31(21)26)16-29(27)37-33(38-32)43-20-25-17-23(35)18-39(25)2/h3-11,16,23-25H,1,12,14-15,17-20H2,2H3/t23-,24+,25+/m1/s1. The molecule has 0 unspecified atom stereocenters. The van der Waals surface area contributed by atoms with Crippen LogP contribution in [-0.2, 0) is 4.79 Å². The van der Waals surface area contributed by atoms with Crippen molar-refractivity contribution in [3.8, 4) is 23.2 Å². The second-order valence-corrected chi connectivity index (χ2v) is 11.5. The smallest absolute Gasteiger partial charge is 0.319 e. The van der Waals surface area contributed by atoms with Crippen molar-refractivity contribution in [2.45, 2.75) is 31.1 Å². The van der Waals surface area contributed by atoms with E-state index in [0.717, 1.165) is 27.3 Å². The Morgan fingerprint density at radius 2 is 1.98 bits per heavy atom. The summed E-state index contributed by atoms with van der Waals surface area (Å²) in [4.78, 5) is 27.9. The molecule has 0 bridgehead atoms. The highest BCUT2D eigenvalue weighted by atomic mass is 35.5. The summed E-state index contributed by atoms with van der Waals surface area (Å²) in [6.45, 7) is 5.63. The molecule has 220 valence electrons. The van der Waals surface area contributed by atoms with Crippen LogP contribution in [0.15, 0.2) is 67.3 Å². The molecule has 10 heteroatoms.